The minimum atomic E-state index is -0.249. The van der Waals surface area contributed by atoms with Gasteiger partial charge < -0.3 is 10.6 Å². The lowest BCUT2D eigenvalue weighted by molar-refractivity contribution is 0.619. The molecule has 0 aliphatic heterocycles. The van der Waals surface area contributed by atoms with Crippen molar-refractivity contribution >= 4 is 60.3 Å². The first kappa shape index (κ1) is 18.0. The molecule has 0 aliphatic carbocycles. The first-order valence-corrected chi connectivity index (χ1v) is 10.8. The van der Waals surface area contributed by atoms with Gasteiger partial charge in [-0.2, -0.15) is 0 Å². The molecule has 144 valence electrons. The van der Waals surface area contributed by atoms with E-state index in [0.717, 1.165) is 27.0 Å². The summed E-state index contributed by atoms with van der Waals surface area (Å²) in [6.45, 7) is 2.38. The fourth-order valence-corrected chi connectivity index (χ4v) is 4.69. The van der Waals surface area contributed by atoms with Crippen LogP contribution in [0.1, 0.15) is 11.1 Å². The molecule has 3 heterocycles. The van der Waals surface area contributed by atoms with Gasteiger partial charge in [0.1, 0.15) is 5.82 Å². The van der Waals surface area contributed by atoms with Gasteiger partial charge in [0.15, 0.2) is 11.6 Å². The Morgan fingerprint density at radius 1 is 1.00 bits per heavy atom. The predicted molar refractivity (Wildman–Crippen MR) is 119 cm³/mol. The Bertz CT molecular complexity index is 1330. The molecule has 5 aromatic rings. The molecule has 5 rings (SSSR count). The zero-order chi connectivity index (χ0) is 19.8. The molecule has 0 saturated heterocycles. The summed E-state index contributed by atoms with van der Waals surface area (Å²) in [4.78, 5) is 4.31. The van der Waals surface area contributed by atoms with Gasteiger partial charge in [-0.25, -0.2) is 9.37 Å². The maximum Gasteiger partial charge on any atom is 0.167 e. The van der Waals surface area contributed by atoms with Crippen LogP contribution in [0.15, 0.2) is 53.4 Å². The average Bonchev–Trinajstić information content (AvgIpc) is 3.39. The molecular weight excluding hydrogens is 405 g/mol. The van der Waals surface area contributed by atoms with E-state index in [2.05, 4.69) is 37.9 Å². The Balaban J connectivity index is 1.40. The van der Waals surface area contributed by atoms with E-state index in [0.29, 0.717) is 23.6 Å². The second kappa shape index (κ2) is 7.38. The van der Waals surface area contributed by atoms with E-state index in [4.69, 9.17) is 0 Å². The van der Waals surface area contributed by atoms with Crippen LogP contribution < -0.4 is 10.6 Å². The smallest absolute Gasteiger partial charge is 0.167 e. The van der Waals surface area contributed by atoms with Crippen molar-refractivity contribution in [2.75, 3.05) is 10.6 Å². The molecule has 0 radical (unpaired) electrons. The number of aryl methyl sites for hydroxylation is 1. The molecule has 0 unspecified atom stereocenters. The van der Waals surface area contributed by atoms with Crippen LogP contribution in [-0.2, 0) is 6.54 Å². The molecule has 2 N–H and O–H groups in total. The van der Waals surface area contributed by atoms with E-state index in [9.17, 15) is 4.39 Å². The normalized spacial score (nSPS) is 11.2. The van der Waals surface area contributed by atoms with Gasteiger partial charge in [-0.1, -0.05) is 12.1 Å². The summed E-state index contributed by atoms with van der Waals surface area (Å²) in [5, 5.41) is 18.2. The number of rotatable bonds is 5. The summed E-state index contributed by atoms with van der Waals surface area (Å²) in [5.41, 5.74) is 5.29. The average molecular weight is 422 g/mol. The Labute approximate surface area is 174 Å². The minimum Gasteiger partial charge on any atom is -0.363 e. The standard InChI is InChI=1S/C21H16FN5S2/c1-12-2-4-14(9-16(12)22)25-20-15-6-7-28-19(15)21(27-26-20)23-10-13-3-5-17-18(8-13)29-11-24-17/h2-9,11H,10H2,1H3,(H,23,27)(H,25,26). The molecule has 0 fully saturated rings. The summed E-state index contributed by atoms with van der Waals surface area (Å²) >= 11 is 3.23. The molecular formula is C21H16FN5S2. The maximum atomic E-state index is 13.9. The monoisotopic (exact) mass is 421 g/mol. The number of nitrogens with one attached hydrogen (secondary N) is 2. The number of anilines is 3. The first-order chi connectivity index (χ1) is 14.2. The van der Waals surface area contributed by atoms with E-state index < -0.39 is 0 Å². The van der Waals surface area contributed by atoms with Gasteiger partial charge in [0.05, 0.1) is 20.4 Å². The van der Waals surface area contributed by atoms with E-state index in [1.165, 1.54) is 10.8 Å². The van der Waals surface area contributed by atoms with Crippen molar-refractivity contribution in [3.8, 4) is 0 Å². The molecule has 29 heavy (non-hydrogen) atoms. The Morgan fingerprint density at radius 2 is 1.90 bits per heavy atom. The largest absolute Gasteiger partial charge is 0.363 e. The maximum absolute atomic E-state index is 13.9. The van der Waals surface area contributed by atoms with Crippen molar-refractivity contribution in [2.24, 2.45) is 0 Å². The summed E-state index contributed by atoms with van der Waals surface area (Å²) in [6, 6.07) is 13.3. The highest BCUT2D eigenvalue weighted by molar-refractivity contribution is 7.18. The minimum absolute atomic E-state index is 0.249. The molecule has 2 aromatic carbocycles. The van der Waals surface area contributed by atoms with Gasteiger partial charge in [-0.3, -0.25) is 0 Å². The summed E-state index contributed by atoms with van der Waals surface area (Å²) in [5.74, 6) is 1.10. The van der Waals surface area contributed by atoms with Gasteiger partial charge in [-0.05, 0) is 53.8 Å². The number of thiophene rings is 1. The van der Waals surface area contributed by atoms with Crippen molar-refractivity contribution in [1.82, 2.24) is 15.2 Å². The van der Waals surface area contributed by atoms with Crippen LogP contribution in [0.2, 0.25) is 0 Å². The fraction of sp³-hybridized carbons (Fsp3) is 0.0952. The van der Waals surface area contributed by atoms with Crippen LogP contribution >= 0.6 is 22.7 Å². The van der Waals surface area contributed by atoms with Crippen molar-refractivity contribution in [1.29, 1.82) is 0 Å². The third-order valence-electron chi connectivity index (χ3n) is 4.68. The van der Waals surface area contributed by atoms with Crippen LogP contribution in [-0.4, -0.2) is 15.2 Å². The summed E-state index contributed by atoms with van der Waals surface area (Å²) < 4.78 is 16.0. The van der Waals surface area contributed by atoms with E-state index in [-0.39, 0.29) is 5.82 Å². The lowest BCUT2D eigenvalue weighted by Gasteiger charge is -2.10. The molecule has 0 aliphatic rings. The number of halogens is 1. The Hall–Kier alpha value is -3.10. The fourth-order valence-electron chi connectivity index (χ4n) is 3.09. The Morgan fingerprint density at radius 3 is 2.79 bits per heavy atom. The van der Waals surface area contributed by atoms with E-state index >= 15 is 0 Å². The van der Waals surface area contributed by atoms with Crippen molar-refractivity contribution in [3.63, 3.8) is 0 Å². The highest BCUT2D eigenvalue weighted by Crippen LogP contribution is 2.33. The van der Waals surface area contributed by atoms with E-state index in [1.807, 2.05) is 29.1 Å². The lowest BCUT2D eigenvalue weighted by Crippen LogP contribution is -2.04. The van der Waals surface area contributed by atoms with Crippen molar-refractivity contribution in [3.05, 3.63) is 70.3 Å². The molecule has 0 atom stereocenters. The van der Waals surface area contributed by atoms with Crippen LogP contribution in [0.25, 0.3) is 20.3 Å². The third kappa shape index (κ3) is 3.52. The summed E-state index contributed by atoms with van der Waals surface area (Å²) in [6.07, 6.45) is 0. The highest BCUT2D eigenvalue weighted by Gasteiger charge is 2.12. The number of fused-ring (bicyclic) bond motifs is 2. The molecule has 5 nitrogen and oxygen atoms in total. The number of thiazole rings is 1. The third-order valence-corrected chi connectivity index (χ3v) is 6.39. The number of benzene rings is 2. The molecule has 3 aromatic heterocycles. The quantitative estimate of drug-likeness (QED) is 0.359. The summed E-state index contributed by atoms with van der Waals surface area (Å²) in [7, 11) is 0. The topological polar surface area (TPSA) is 62.7 Å². The molecule has 8 heteroatoms. The second-order valence-electron chi connectivity index (χ2n) is 6.66. The van der Waals surface area contributed by atoms with Crippen LogP contribution in [0.4, 0.5) is 21.7 Å². The van der Waals surface area contributed by atoms with Gasteiger partial charge >= 0.3 is 0 Å². The molecule has 0 saturated carbocycles. The number of nitrogens with zero attached hydrogens (tertiary/aromatic N) is 3. The van der Waals surface area contributed by atoms with Gasteiger partial charge in [-0.15, -0.1) is 32.9 Å². The number of aromatic nitrogens is 3. The number of hydrogen-bond donors (Lipinski definition) is 2. The van der Waals surface area contributed by atoms with Crippen molar-refractivity contribution in [2.45, 2.75) is 13.5 Å². The Kier molecular flexibility index (Phi) is 4.57. The highest BCUT2D eigenvalue weighted by atomic mass is 32.1. The molecule has 0 amide bonds. The van der Waals surface area contributed by atoms with Crippen molar-refractivity contribution < 1.29 is 4.39 Å². The SMILES string of the molecule is Cc1ccc(Nc2nnc(NCc3ccc4ncsc4c3)c3sccc23)cc1F. The lowest BCUT2D eigenvalue weighted by atomic mass is 10.2. The van der Waals surface area contributed by atoms with E-state index in [1.54, 1.807) is 35.7 Å². The first-order valence-electron chi connectivity index (χ1n) is 9.00. The number of hydrogen-bond acceptors (Lipinski definition) is 7. The van der Waals surface area contributed by atoms with Gasteiger partial charge in [0.25, 0.3) is 0 Å². The molecule has 0 bridgehead atoms. The van der Waals surface area contributed by atoms with Gasteiger partial charge in [0.2, 0.25) is 0 Å². The zero-order valence-corrected chi connectivity index (χ0v) is 17.1. The second-order valence-corrected chi connectivity index (χ2v) is 8.46. The van der Waals surface area contributed by atoms with Crippen LogP contribution in [0, 0.1) is 12.7 Å². The predicted octanol–water partition coefficient (Wildman–Crippen LogP) is 6.10. The van der Waals surface area contributed by atoms with Crippen LogP contribution in [0.3, 0.4) is 0 Å². The van der Waals surface area contributed by atoms with Crippen LogP contribution in [0.5, 0.6) is 0 Å². The molecule has 0 spiro atoms. The van der Waals surface area contributed by atoms with Gasteiger partial charge in [0, 0.05) is 17.6 Å². The zero-order valence-electron chi connectivity index (χ0n) is 15.4.